The molecule has 12 heteroatoms. The molecule has 0 aromatic carbocycles. The molecule has 1 aromatic rings. The van der Waals surface area contributed by atoms with E-state index in [2.05, 4.69) is 4.98 Å². The van der Waals surface area contributed by atoms with Crippen molar-refractivity contribution in [2.24, 2.45) is 0 Å². The molecule has 0 unspecified atom stereocenters. The number of allylic oxidation sites excluding steroid dienone is 1. The molecule has 11 nitrogen and oxygen atoms in total. The zero-order valence-corrected chi connectivity index (χ0v) is 16.3. The lowest BCUT2D eigenvalue weighted by Crippen LogP contribution is -2.42. The average molecular weight is 418 g/mol. The normalized spacial score (nSPS) is 26.9. The van der Waals surface area contributed by atoms with Crippen molar-refractivity contribution < 1.29 is 33.3 Å². The summed E-state index contributed by atoms with van der Waals surface area (Å²) in [6, 6.07) is 0. The molecule has 1 saturated heterocycles. The smallest absolute Gasteiger partial charge is 0.353 e. The van der Waals surface area contributed by atoms with E-state index in [1.54, 1.807) is 13.8 Å². The Balaban J connectivity index is 1.96. The molecule has 1 aromatic heterocycles. The predicted octanol–water partition coefficient (Wildman–Crippen LogP) is -0.130. The molecule has 0 amide bonds. The SMILES string of the molecule is CCOP(=O)(/C=C/Cc1c2n(c(=O)[nH]c1=O)[C@@H]1O[C@H](CO2)[C@@H](O)[C@H]1O)OCC. The van der Waals surface area contributed by atoms with E-state index in [0.717, 1.165) is 4.57 Å². The van der Waals surface area contributed by atoms with Crippen LogP contribution in [0.15, 0.2) is 21.5 Å². The number of aliphatic hydroxyl groups is 2. The van der Waals surface area contributed by atoms with Gasteiger partial charge in [0.2, 0.25) is 5.88 Å². The minimum absolute atomic E-state index is 0.0366. The number of hydrogen-bond donors (Lipinski definition) is 3. The lowest BCUT2D eigenvalue weighted by molar-refractivity contribution is -0.0337. The maximum absolute atomic E-state index is 12.5. The highest BCUT2D eigenvalue weighted by molar-refractivity contribution is 7.57. The van der Waals surface area contributed by atoms with Crippen LogP contribution in [0.1, 0.15) is 25.6 Å². The molecule has 0 radical (unpaired) electrons. The number of hydrogen-bond acceptors (Lipinski definition) is 9. The molecule has 4 atom stereocenters. The van der Waals surface area contributed by atoms with Gasteiger partial charge < -0.3 is 28.7 Å². The Hall–Kier alpha value is -1.75. The fraction of sp³-hybridized carbons (Fsp3) is 0.625. The second-order valence-corrected chi connectivity index (χ2v) is 8.13. The lowest BCUT2D eigenvalue weighted by Gasteiger charge is -2.22. The zero-order valence-electron chi connectivity index (χ0n) is 15.4. The number of ether oxygens (including phenoxy) is 2. The molecule has 2 aliphatic heterocycles. The number of fused-ring (bicyclic) bond motifs is 4. The van der Waals surface area contributed by atoms with Crippen LogP contribution in [0.3, 0.4) is 0 Å². The second-order valence-electron chi connectivity index (χ2n) is 6.23. The molecule has 3 N–H and O–H groups in total. The number of rotatable bonds is 7. The number of nitrogens with one attached hydrogen (secondary N) is 1. The van der Waals surface area contributed by atoms with E-state index in [9.17, 15) is 24.4 Å². The van der Waals surface area contributed by atoms with Crippen molar-refractivity contribution in [1.29, 1.82) is 0 Å². The monoisotopic (exact) mass is 418 g/mol. The van der Waals surface area contributed by atoms with Gasteiger partial charge in [0, 0.05) is 12.2 Å². The number of aromatic nitrogens is 2. The summed E-state index contributed by atoms with van der Waals surface area (Å²) in [5.41, 5.74) is -1.44. The van der Waals surface area contributed by atoms with Crippen molar-refractivity contribution >= 4 is 7.60 Å². The Kier molecular flexibility index (Phi) is 6.23. The first kappa shape index (κ1) is 21.0. The molecule has 0 saturated carbocycles. The maximum Gasteiger partial charge on any atom is 0.353 e. The number of nitrogens with zero attached hydrogens (tertiary/aromatic N) is 1. The Bertz CT molecular complexity index is 898. The Labute approximate surface area is 160 Å². The molecule has 2 bridgehead atoms. The van der Waals surface area contributed by atoms with Gasteiger partial charge in [-0.25, -0.2) is 9.36 Å². The van der Waals surface area contributed by atoms with Crippen molar-refractivity contribution in [3.05, 3.63) is 38.3 Å². The largest absolute Gasteiger partial charge is 0.475 e. The molecule has 0 spiro atoms. The van der Waals surface area contributed by atoms with Crippen LogP contribution in [0.2, 0.25) is 0 Å². The third kappa shape index (κ3) is 3.86. The number of aromatic amines is 1. The molecule has 2 aliphatic rings. The van der Waals surface area contributed by atoms with Crippen LogP contribution in [-0.4, -0.2) is 57.9 Å². The summed E-state index contributed by atoms with van der Waals surface area (Å²) in [7, 11) is -3.45. The van der Waals surface area contributed by atoms with Gasteiger partial charge in [-0.05, 0) is 13.8 Å². The van der Waals surface area contributed by atoms with Crippen molar-refractivity contribution in [3.63, 3.8) is 0 Å². The van der Waals surface area contributed by atoms with E-state index in [-0.39, 0.29) is 37.7 Å². The van der Waals surface area contributed by atoms with Gasteiger partial charge >= 0.3 is 13.3 Å². The van der Waals surface area contributed by atoms with Gasteiger partial charge in [-0.1, -0.05) is 6.08 Å². The zero-order chi connectivity index (χ0) is 20.5. The molecule has 3 rings (SSSR count). The average Bonchev–Trinajstić information content (AvgIpc) is 2.81. The summed E-state index contributed by atoms with van der Waals surface area (Å²) in [6.07, 6.45) is -3.21. The fourth-order valence-corrected chi connectivity index (χ4v) is 4.49. The molecule has 1 fully saturated rings. The van der Waals surface area contributed by atoms with Gasteiger partial charge in [0.25, 0.3) is 5.56 Å². The van der Waals surface area contributed by atoms with Gasteiger partial charge in [0.1, 0.15) is 24.9 Å². The van der Waals surface area contributed by atoms with Gasteiger partial charge in [0.05, 0.1) is 18.8 Å². The lowest BCUT2D eigenvalue weighted by atomic mass is 10.1. The quantitative estimate of drug-likeness (QED) is 0.515. The van der Waals surface area contributed by atoms with Gasteiger partial charge in [0.15, 0.2) is 6.23 Å². The molecular formula is C16H23N2O9P. The highest BCUT2D eigenvalue weighted by Gasteiger charge is 2.47. The van der Waals surface area contributed by atoms with Gasteiger partial charge in [-0.3, -0.25) is 14.3 Å². The number of H-pyrrole nitrogens is 1. The van der Waals surface area contributed by atoms with E-state index in [4.69, 9.17) is 18.5 Å². The Morgan fingerprint density at radius 1 is 1.25 bits per heavy atom. The fourth-order valence-electron chi connectivity index (χ4n) is 3.16. The minimum Gasteiger partial charge on any atom is -0.475 e. The Morgan fingerprint density at radius 2 is 1.93 bits per heavy atom. The molecular weight excluding hydrogens is 395 g/mol. The third-order valence-electron chi connectivity index (χ3n) is 4.39. The predicted molar refractivity (Wildman–Crippen MR) is 96.4 cm³/mol. The van der Waals surface area contributed by atoms with Crippen LogP contribution in [0.4, 0.5) is 0 Å². The first-order valence-corrected chi connectivity index (χ1v) is 10.5. The van der Waals surface area contributed by atoms with Crippen molar-refractivity contribution in [2.75, 3.05) is 19.8 Å². The topological polar surface area (TPSA) is 149 Å². The Morgan fingerprint density at radius 3 is 2.57 bits per heavy atom. The summed E-state index contributed by atoms with van der Waals surface area (Å²) >= 11 is 0. The van der Waals surface area contributed by atoms with Gasteiger partial charge in [-0.2, -0.15) is 0 Å². The van der Waals surface area contributed by atoms with Crippen LogP contribution >= 0.6 is 7.60 Å². The van der Waals surface area contributed by atoms with Crippen molar-refractivity contribution in [3.8, 4) is 5.88 Å². The van der Waals surface area contributed by atoms with Crippen LogP contribution in [-0.2, 0) is 24.8 Å². The summed E-state index contributed by atoms with van der Waals surface area (Å²) in [6.45, 7) is 3.57. The maximum atomic E-state index is 12.5. The molecule has 28 heavy (non-hydrogen) atoms. The summed E-state index contributed by atoms with van der Waals surface area (Å²) in [4.78, 5) is 26.7. The van der Waals surface area contributed by atoms with Crippen LogP contribution in [0.5, 0.6) is 5.88 Å². The summed E-state index contributed by atoms with van der Waals surface area (Å²) in [5, 5.41) is 20.1. The van der Waals surface area contributed by atoms with Gasteiger partial charge in [-0.15, -0.1) is 0 Å². The van der Waals surface area contributed by atoms with E-state index >= 15 is 0 Å². The minimum atomic E-state index is -3.45. The molecule has 3 heterocycles. The highest BCUT2D eigenvalue weighted by Crippen LogP contribution is 2.49. The van der Waals surface area contributed by atoms with E-state index < -0.39 is 43.4 Å². The molecule has 0 aliphatic carbocycles. The van der Waals surface area contributed by atoms with E-state index in [1.165, 1.54) is 11.9 Å². The van der Waals surface area contributed by atoms with E-state index in [0.29, 0.717) is 0 Å². The first-order valence-electron chi connectivity index (χ1n) is 8.90. The van der Waals surface area contributed by atoms with Crippen LogP contribution in [0.25, 0.3) is 0 Å². The molecule has 156 valence electrons. The first-order chi connectivity index (χ1) is 13.3. The summed E-state index contributed by atoms with van der Waals surface area (Å²) < 4.78 is 34.8. The standard InChI is InChI=1S/C16H23N2O9P/c1-3-25-28(23,26-4-2)7-5-6-9-13(21)17-16(22)18-14(9)24-8-10-11(19)12(20)15(18)27-10/h5,7,10-12,15,19-20H,3-4,6,8H2,1-2H3,(H,17,21,22)/b7-5+/t10-,11-,12-,15-/m1/s1. The third-order valence-corrected chi connectivity index (χ3v) is 6.21. The van der Waals surface area contributed by atoms with Crippen molar-refractivity contribution in [1.82, 2.24) is 9.55 Å². The second kappa shape index (κ2) is 8.32. The van der Waals surface area contributed by atoms with Crippen LogP contribution < -0.4 is 16.0 Å². The van der Waals surface area contributed by atoms with E-state index in [1.807, 2.05) is 0 Å². The van der Waals surface area contributed by atoms with Crippen molar-refractivity contribution in [2.45, 2.75) is 44.8 Å². The van der Waals surface area contributed by atoms with Crippen LogP contribution in [0, 0.1) is 0 Å². The number of aliphatic hydroxyl groups excluding tert-OH is 2. The summed E-state index contributed by atoms with van der Waals surface area (Å²) in [5.74, 6) is 1.18. The highest BCUT2D eigenvalue weighted by atomic mass is 31.2.